The maximum atomic E-state index is 13.5. The number of hydrogen-bond donors (Lipinski definition) is 1. The fraction of sp³-hybridized carbons (Fsp3) is 0.0667. The van der Waals surface area contributed by atoms with E-state index >= 15 is 0 Å². The molecule has 0 unspecified atom stereocenters. The average molecular weight is 348 g/mol. The fourth-order valence-electron chi connectivity index (χ4n) is 2.08. The maximum absolute atomic E-state index is 13.5. The molecule has 0 aliphatic heterocycles. The van der Waals surface area contributed by atoms with Crippen LogP contribution in [0, 0.1) is 5.82 Å². The summed E-state index contributed by atoms with van der Waals surface area (Å²) in [6, 6.07) is 8.05. The zero-order valence-corrected chi connectivity index (χ0v) is 12.5. The number of imidazole rings is 1. The summed E-state index contributed by atoms with van der Waals surface area (Å²) < 4.78 is 16.1. The Labute approximate surface area is 128 Å². The number of pyridine rings is 1. The van der Waals surface area contributed by atoms with E-state index in [1.165, 1.54) is 6.07 Å². The first-order valence-electron chi connectivity index (χ1n) is 6.29. The Kier molecular flexibility index (Phi) is 3.70. The number of rotatable bonds is 3. The van der Waals surface area contributed by atoms with Crippen LogP contribution in [0.2, 0.25) is 0 Å². The molecule has 106 valence electrons. The molecule has 2 heterocycles. The molecule has 0 atom stereocenters. The maximum Gasteiger partial charge on any atom is 0.255 e. The van der Waals surface area contributed by atoms with Gasteiger partial charge in [0.25, 0.3) is 5.91 Å². The molecule has 3 rings (SSSR count). The zero-order chi connectivity index (χ0) is 14.8. The Morgan fingerprint density at radius 3 is 3.00 bits per heavy atom. The average Bonchev–Trinajstić information content (AvgIpc) is 2.93. The monoisotopic (exact) mass is 347 g/mol. The second-order valence-electron chi connectivity index (χ2n) is 4.50. The van der Waals surface area contributed by atoms with Crippen molar-refractivity contribution in [3.63, 3.8) is 0 Å². The van der Waals surface area contributed by atoms with Gasteiger partial charge in [-0.1, -0.05) is 18.2 Å². The van der Waals surface area contributed by atoms with E-state index in [9.17, 15) is 9.18 Å². The number of aromatic nitrogens is 2. The third-order valence-electron chi connectivity index (χ3n) is 3.10. The molecule has 1 aromatic carbocycles. The van der Waals surface area contributed by atoms with E-state index < -0.39 is 0 Å². The van der Waals surface area contributed by atoms with Crippen LogP contribution in [0.25, 0.3) is 5.65 Å². The normalized spacial score (nSPS) is 10.8. The highest BCUT2D eigenvalue weighted by Crippen LogP contribution is 2.17. The largest absolute Gasteiger partial charge is 0.348 e. The van der Waals surface area contributed by atoms with Crippen molar-refractivity contribution in [2.45, 2.75) is 6.54 Å². The van der Waals surface area contributed by atoms with Gasteiger partial charge in [0.05, 0.1) is 5.56 Å². The molecule has 0 bridgehead atoms. The van der Waals surface area contributed by atoms with Crippen LogP contribution in [0.3, 0.4) is 0 Å². The number of hydrogen-bond acceptors (Lipinski definition) is 2. The number of halogens is 2. The lowest BCUT2D eigenvalue weighted by molar-refractivity contribution is 0.0951. The number of carbonyl (C=O) groups excluding carboxylic acids is 1. The summed E-state index contributed by atoms with van der Waals surface area (Å²) in [6.45, 7) is 0.130. The fourth-order valence-corrected chi connectivity index (χ4v) is 2.53. The van der Waals surface area contributed by atoms with E-state index in [1.807, 2.05) is 6.20 Å². The SMILES string of the molecule is O=C(NCc1ccccc1F)c1cc(Br)cn2ccnc12. The van der Waals surface area contributed by atoms with Gasteiger partial charge in [-0.05, 0) is 28.1 Å². The molecular formula is C15H11BrFN3O. The van der Waals surface area contributed by atoms with Crippen molar-refractivity contribution < 1.29 is 9.18 Å². The summed E-state index contributed by atoms with van der Waals surface area (Å²) in [4.78, 5) is 16.4. The minimum atomic E-state index is -0.335. The molecule has 4 nitrogen and oxygen atoms in total. The van der Waals surface area contributed by atoms with Crippen molar-refractivity contribution in [3.05, 3.63) is 70.3 Å². The van der Waals surface area contributed by atoms with Crippen molar-refractivity contribution >= 4 is 27.5 Å². The third kappa shape index (κ3) is 2.80. The van der Waals surface area contributed by atoms with E-state index in [1.54, 1.807) is 41.1 Å². The Morgan fingerprint density at radius 1 is 1.38 bits per heavy atom. The molecule has 6 heteroatoms. The minimum Gasteiger partial charge on any atom is -0.348 e. The number of fused-ring (bicyclic) bond motifs is 1. The van der Waals surface area contributed by atoms with E-state index in [2.05, 4.69) is 26.2 Å². The number of nitrogens with zero attached hydrogens (tertiary/aromatic N) is 2. The summed E-state index contributed by atoms with van der Waals surface area (Å²) in [5.41, 5.74) is 1.44. The molecule has 0 aliphatic carbocycles. The highest BCUT2D eigenvalue weighted by atomic mass is 79.9. The van der Waals surface area contributed by atoms with Crippen LogP contribution in [0.4, 0.5) is 4.39 Å². The topological polar surface area (TPSA) is 46.4 Å². The van der Waals surface area contributed by atoms with E-state index in [-0.39, 0.29) is 18.3 Å². The lowest BCUT2D eigenvalue weighted by Crippen LogP contribution is -2.24. The standard InChI is InChI=1S/C15H11BrFN3O/c16-11-7-12(14-18-5-6-20(14)9-11)15(21)19-8-10-3-1-2-4-13(10)17/h1-7,9H,8H2,(H,19,21). The summed E-state index contributed by atoms with van der Waals surface area (Å²) in [6.07, 6.45) is 5.19. The zero-order valence-electron chi connectivity index (χ0n) is 10.9. The van der Waals surface area contributed by atoms with Crippen molar-refractivity contribution in [2.75, 3.05) is 0 Å². The summed E-state index contributed by atoms with van der Waals surface area (Å²) in [5.74, 6) is -0.631. The van der Waals surface area contributed by atoms with Gasteiger partial charge in [-0.2, -0.15) is 0 Å². The van der Waals surface area contributed by atoms with Crippen LogP contribution < -0.4 is 5.32 Å². The Balaban J connectivity index is 1.84. The number of benzene rings is 1. The van der Waals surface area contributed by atoms with Gasteiger partial charge in [0.15, 0.2) is 0 Å². The van der Waals surface area contributed by atoms with Crippen LogP contribution in [0.5, 0.6) is 0 Å². The van der Waals surface area contributed by atoms with E-state index in [4.69, 9.17) is 0 Å². The molecule has 0 saturated carbocycles. The number of amides is 1. The molecule has 0 saturated heterocycles. The van der Waals surface area contributed by atoms with Crippen LogP contribution in [-0.4, -0.2) is 15.3 Å². The highest BCUT2D eigenvalue weighted by Gasteiger charge is 2.13. The molecule has 0 fully saturated rings. The minimum absolute atomic E-state index is 0.130. The van der Waals surface area contributed by atoms with Gasteiger partial charge in [0, 0.05) is 35.2 Å². The smallest absolute Gasteiger partial charge is 0.255 e. The quantitative estimate of drug-likeness (QED) is 0.790. The van der Waals surface area contributed by atoms with Crippen molar-refractivity contribution in [1.29, 1.82) is 0 Å². The molecule has 0 aliphatic rings. The van der Waals surface area contributed by atoms with Crippen molar-refractivity contribution in [2.24, 2.45) is 0 Å². The molecule has 0 radical (unpaired) electrons. The van der Waals surface area contributed by atoms with Crippen LogP contribution in [0.15, 0.2) is 53.4 Å². The lowest BCUT2D eigenvalue weighted by Gasteiger charge is -2.08. The summed E-state index contributed by atoms with van der Waals surface area (Å²) >= 11 is 3.36. The molecule has 3 aromatic rings. The van der Waals surface area contributed by atoms with Crippen LogP contribution >= 0.6 is 15.9 Å². The Bertz CT molecular complexity index is 816. The van der Waals surface area contributed by atoms with Gasteiger partial charge < -0.3 is 9.72 Å². The van der Waals surface area contributed by atoms with Crippen LogP contribution in [0.1, 0.15) is 15.9 Å². The third-order valence-corrected chi connectivity index (χ3v) is 3.53. The van der Waals surface area contributed by atoms with Gasteiger partial charge in [0.2, 0.25) is 0 Å². The van der Waals surface area contributed by atoms with Gasteiger partial charge in [-0.15, -0.1) is 0 Å². The Morgan fingerprint density at radius 2 is 2.19 bits per heavy atom. The second kappa shape index (κ2) is 5.65. The van der Waals surface area contributed by atoms with E-state index in [0.717, 1.165) is 4.47 Å². The van der Waals surface area contributed by atoms with Crippen molar-refractivity contribution in [1.82, 2.24) is 14.7 Å². The van der Waals surface area contributed by atoms with Gasteiger partial charge in [-0.25, -0.2) is 9.37 Å². The number of carbonyl (C=O) groups is 1. The highest BCUT2D eigenvalue weighted by molar-refractivity contribution is 9.10. The summed E-state index contributed by atoms with van der Waals surface area (Å²) in [7, 11) is 0. The van der Waals surface area contributed by atoms with Gasteiger partial charge >= 0.3 is 0 Å². The molecule has 0 spiro atoms. The second-order valence-corrected chi connectivity index (χ2v) is 5.42. The van der Waals surface area contributed by atoms with E-state index in [0.29, 0.717) is 16.8 Å². The van der Waals surface area contributed by atoms with Crippen LogP contribution in [-0.2, 0) is 6.54 Å². The first-order chi connectivity index (χ1) is 10.1. The predicted octanol–water partition coefficient (Wildman–Crippen LogP) is 3.17. The molecule has 1 amide bonds. The number of nitrogens with one attached hydrogen (secondary N) is 1. The van der Waals surface area contributed by atoms with Gasteiger partial charge in [0.1, 0.15) is 11.5 Å². The first-order valence-corrected chi connectivity index (χ1v) is 7.08. The lowest BCUT2D eigenvalue weighted by atomic mass is 10.2. The predicted molar refractivity (Wildman–Crippen MR) is 80.5 cm³/mol. The Hall–Kier alpha value is -2.21. The molecule has 21 heavy (non-hydrogen) atoms. The first kappa shape index (κ1) is 13.8. The molecule has 1 N–H and O–H groups in total. The molecular weight excluding hydrogens is 337 g/mol. The summed E-state index contributed by atoms with van der Waals surface area (Å²) in [5, 5.41) is 2.71. The molecule has 2 aromatic heterocycles. The van der Waals surface area contributed by atoms with Gasteiger partial charge in [-0.3, -0.25) is 4.79 Å². The van der Waals surface area contributed by atoms with Crippen molar-refractivity contribution in [3.8, 4) is 0 Å².